The number of hydrogen-bond acceptors (Lipinski definition) is 5. The first-order valence-corrected chi connectivity index (χ1v) is 11.3. The van der Waals surface area contributed by atoms with Crippen LogP contribution in [0.4, 0.5) is 0 Å². The van der Waals surface area contributed by atoms with Crippen molar-refractivity contribution in [2.75, 3.05) is 20.3 Å². The monoisotopic (exact) mass is 449 g/mol. The van der Waals surface area contributed by atoms with Crippen LogP contribution in [-0.2, 0) is 22.4 Å². The molecule has 2 N–H and O–H groups in total. The fourth-order valence-electron chi connectivity index (χ4n) is 4.34. The zero-order valence-corrected chi connectivity index (χ0v) is 19.4. The number of methoxy groups -OCH3 is 1. The lowest BCUT2D eigenvalue weighted by atomic mass is 9.92. The predicted octanol–water partition coefficient (Wildman–Crippen LogP) is 2.90. The van der Waals surface area contributed by atoms with Gasteiger partial charge in [-0.1, -0.05) is 18.2 Å². The number of nitrogens with one attached hydrogen (secondary N) is 1. The van der Waals surface area contributed by atoms with E-state index in [1.807, 2.05) is 23.9 Å². The molecule has 3 aromatic rings. The normalized spacial score (nSPS) is 18.2. The van der Waals surface area contributed by atoms with Crippen LogP contribution in [0.2, 0.25) is 0 Å². The van der Waals surface area contributed by atoms with Crippen molar-refractivity contribution >= 4 is 5.91 Å². The Morgan fingerprint density at radius 3 is 2.70 bits per heavy atom. The minimum atomic E-state index is -0.579. The van der Waals surface area contributed by atoms with Crippen molar-refractivity contribution in [1.29, 1.82) is 0 Å². The molecule has 0 aliphatic carbocycles. The van der Waals surface area contributed by atoms with E-state index in [-0.39, 0.29) is 18.4 Å². The summed E-state index contributed by atoms with van der Waals surface area (Å²) in [4.78, 5) is 12.8. The summed E-state index contributed by atoms with van der Waals surface area (Å²) in [5.74, 6) is 0.585. The van der Waals surface area contributed by atoms with Crippen LogP contribution in [0.25, 0.3) is 5.69 Å². The molecule has 2 heterocycles. The summed E-state index contributed by atoms with van der Waals surface area (Å²) in [6, 6.07) is 11.9. The number of carbonyl (C=O) groups excluding carboxylic acids is 1. The number of hydrogen-bond donors (Lipinski definition) is 2. The lowest BCUT2D eigenvalue weighted by Crippen LogP contribution is -2.49. The van der Waals surface area contributed by atoms with E-state index in [2.05, 4.69) is 47.7 Å². The first kappa shape index (κ1) is 23.0. The molecule has 0 bridgehead atoms. The molecule has 0 saturated carbocycles. The van der Waals surface area contributed by atoms with Crippen molar-refractivity contribution in [3.05, 3.63) is 76.6 Å². The van der Waals surface area contributed by atoms with Gasteiger partial charge in [0.05, 0.1) is 38.0 Å². The molecule has 1 amide bonds. The molecular formula is C26H31N3O4. The van der Waals surface area contributed by atoms with Crippen LogP contribution < -0.4 is 10.1 Å². The third-order valence-electron chi connectivity index (χ3n) is 6.35. The SMILES string of the molecule is COc1c(CC(=O)N[C@H]2COCC[C@@H]2O)cc(Cc2ccc(-n3cccn3)cc2)c(C)c1C. The average molecular weight is 450 g/mol. The van der Waals surface area contributed by atoms with Crippen LogP contribution in [0.5, 0.6) is 5.75 Å². The van der Waals surface area contributed by atoms with E-state index >= 15 is 0 Å². The lowest BCUT2D eigenvalue weighted by Gasteiger charge is -2.28. The first-order chi connectivity index (χ1) is 16.0. The molecular weight excluding hydrogens is 418 g/mol. The van der Waals surface area contributed by atoms with Gasteiger partial charge in [0, 0.05) is 24.6 Å². The number of aromatic nitrogens is 2. The van der Waals surface area contributed by atoms with Gasteiger partial charge >= 0.3 is 0 Å². The van der Waals surface area contributed by atoms with Crippen LogP contribution in [0.3, 0.4) is 0 Å². The fourth-order valence-corrected chi connectivity index (χ4v) is 4.34. The van der Waals surface area contributed by atoms with Crippen LogP contribution >= 0.6 is 0 Å². The molecule has 1 aliphatic rings. The minimum absolute atomic E-state index is 0.152. The summed E-state index contributed by atoms with van der Waals surface area (Å²) in [6.45, 7) is 4.96. The predicted molar refractivity (Wildman–Crippen MR) is 126 cm³/mol. The second-order valence-corrected chi connectivity index (χ2v) is 8.55. The minimum Gasteiger partial charge on any atom is -0.496 e. The van der Waals surface area contributed by atoms with E-state index in [0.717, 1.165) is 40.1 Å². The van der Waals surface area contributed by atoms with Crippen molar-refractivity contribution in [1.82, 2.24) is 15.1 Å². The van der Waals surface area contributed by atoms with Gasteiger partial charge in [-0.15, -0.1) is 0 Å². The summed E-state index contributed by atoms with van der Waals surface area (Å²) >= 11 is 0. The maximum Gasteiger partial charge on any atom is 0.224 e. The van der Waals surface area contributed by atoms with Crippen molar-refractivity contribution in [3.8, 4) is 11.4 Å². The van der Waals surface area contributed by atoms with Crippen LogP contribution in [0.1, 0.15) is 34.2 Å². The van der Waals surface area contributed by atoms with Gasteiger partial charge in [0.15, 0.2) is 0 Å². The molecule has 2 aromatic carbocycles. The largest absolute Gasteiger partial charge is 0.496 e. The molecule has 7 heteroatoms. The molecule has 1 fully saturated rings. The van der Waals surface area contributed by atoms with E-state index in [9.17, 15) is 9.90 Å². The highest BCUT2D eigenvalue weighted by atomic mass is 16.5. The van der Waals surface area contributed by atoms with Gasteiger partial charge < -0.3 is 19.9 Å². The number of nitrogens with zero attached hydrogens (tertiary/aromatic N) is 2. The molecule has 7 nitrogen and oxygen atoms in total. The van der Waals surface area contributed by atoms with Gasteiger partial charge in [-0.25, -0.2) is 4.68 Å². The Kier molecular flexibility index (Phi) is 7.11. The maximum absolute atomic E-state index is 12.8. The molecule has 2 atom stereocenters. The van der Waals surface area contributed by atoms with Gasteiger partial charge in [-0.3, -0.25) is 4.79 Å². The van der Waals surface area contributed by atoms with E-state index in [0.29, 0.717) is 19.6 Å². The highest BCUT2D eigenvalue weighted by Crippen LogP contribution is 2.31. The number of carbonyl (C=O) groups is 1. The van der Waals surface area contributed by atoms with E-state index in [1.54, 1.807) is 13.3 Å². The van der Waals surface area contributed by atoms with Gasteiger partial charge in [0.2, 0.25) is 5.91 Å². The number of aliphatic hydroxyl groups excluding tert-OH is 1. The van der Waals surface area contributed by atoms with Crippen LogP contribution in [-0.4, -0.2) is 53.3 Å². The van der Waals surface area contributed by atoms with E-state index < -0.39 is 6.10 Å². The Hall–Kier alpha value is -3.16. The molecule has 33 heavy (non-hydrogen) atoms. The summed E-state index contributed by atoms with van der Waals surface area (Å²) in [7, 11) is 1.63. The molecule has 4 rings (SSSR count). The lowest BCUT2D eigenvalue weighted by molar-refractivity contribution is -0.124. The number of benzene rings is 2. The summed E-state index contributed by atoms with van der Waals surface area (Å²) in [6.07, 6.45) is 4.56. The van der Waals surface area contributed by atoms with Gasteiger partial charge in [-0.2, -0.15) is 5.10 Å². The molecule has 1 aromatic heterocycles. The number of amides is 1. The first-order valence-electron chi connectivity index (χ1n) is 11.3. The van der Waals surface area contributed by atoms with Gasteiger partial charge in [0.25, 0.3) is 0 Å². The molecule has 0 unspecified atom stereocenters. The second kappa shape index (κ2) is 10.2. The van der Waals surface area contributed by atoms with E-state index in [4.69, 9.17) is 9.47 Å². The van der Waals surface area contributed by atoms with E-state index in [1.165, 1.54) is 5.56 Å². The topological polar surface area (TPSA) is 85.6 Å². The maximum atomic E-state index is 12.8. The molecule has 0 spiro atoms. The summed E-state index contributed by atoms with van der Waals surface area (Å²) in [5, 5.41) is 17.3. The number of aliphatic hydroxyl groups is 1. The molecule has 174 valence electrons. The Labute approximate surface area is 194 Å². The van der Waals surface area contributed by atoms with Crippen molar-refractivity contribution < 1.29 is 19.4 Å². The van der Waals surface area contributed by atoms with Crippen molar-refractivity contribution in [2.45, 2.75) is 45.3 Å². The molecule has 1 aliphatic heterocycles. The zero-order valence-electron chi connectivity index (χ0n) is 19.4. The Morgan fingerprint density at radius 1 is 1.24 bits per heavy atom. The average Bonchev–Trinajstić information content (AvgIpc) is 3.34. The highest BCUT2D eigenvalue weighted by Gasteiger charge is 2.26. The zero-order chi connectivity index (χ0) is 23.4. The Morgan fingerprint density at radius 2 is 2.03 bits per heavy atom. The fraction of sp³-hybridized carbons (Fsp3) is 0.385. The highest BCUT2D eigenvalue weighted by molar-refractivity contribution is 5.80. The van der Waals surface area contributed by atoms with Crippen molar-refractivity contribution in [3.63, 3.8) is 0 Å². The quantitative estimate of drug-likeness (QED) is 0.579. The smallest absolute Gasteiger partial charge is 0.224 e. The summed E-state index contributed by atoms with van der Waals surface area (Å²) < 4.78 is 12.9. The third-order valence-corrected chi connectivity index (χ3v) is 6.35. The third kappa shape index (κ3) is 5.26. The van der Waals surface area contributed by atoms with Crippen LogP contribution in [0, 0.1) is 13.8 Å². The second-order valence-electron chi connectivity index (χ2n) is 8.55. The van der Waals surface area contributed by atoms with Crippen molar-refractivity contribution in [2.24, 2.45) is 0 Å². The number of ether oxygens (including phenoxy) is 2. The Balaban J connectivity index is 1.53. The van der Waals surface area contributed by atoms with Gasteiger partial charge in [-0.05, 0) is 67.1 Å². The van der Waals surface area contributed by atoms with Gasteiger partial charge in [0.1, 0.15) is 5.75 Å². The summed E-state index contributed by atoms with van der Waals surface area (Å²) in [5.41, 5.74) is 6.38. The molecule has 1 saturated heterocycles. The Bertz CT molecular complexity index is 1090. The number of rotatable bonds is 7. The molecule has 0 radical (unpaired) electrons. The van der Waals surface area contributed by atoms with Crippen LogP contribution in [0.15, 0.2) is 48.8 Å². The standard InChI is InChI=1S/C26H31N3O4/c1-17-18(2)26(32-3)21(15-25(31)28-23-16-33-12-9-24(23)30)14-20(17)13-19-5-7-22(8-6-19)29-11-4-10-27-29/h4-8,10-11,14,23-24,30H,9,12-13,15-16H2,1-3H3,(H,28,31)/t23-,24-/m0/s1.